The average Bonchev–Trinajstić information content (AvgIpc) is 3.00. The molecule has 1 heterocycles. The lowest BCUT2D eigenvalue weighted by atomic mass is 10.4. The van der Waals surface area contributed by atoms with Crippen LogP contribution in [0.5, 0.6) is 0 Å². The molecule has 3 N–H and O–H groups in total. The van der Waals surface area contributed by atoms with Crippen molar-refractivity contribution in [3.05, 3.63) is 38.0 Å². The maximum atomic E-state index is 12.6. The van der Waals surface area contributed by atoms with Crippen molar-refractivity contribution in [2.24, 2.45) is 0 Å². The van der Waals surface area contributed by atoms with Gasteiger partial charge >= 0.3 is 36.2 Å². The smallest absolute Gasteiger partial charge is 0.411 e. The Morgan fingerprint density at radius 2 is 0.714 bits per heavy atom. The summed E-state index contributed by atoms with van der Waals surface area (Å²) < 4.78 is 29.6. The summed E-state index contributed by atoms with van der Waals surface area (Å²) in [5, 5.41) is 8.79. The number of hydrogen-bond acceptors (Lipinski definition) is 15. The summed E-state index contributed by atoms with van der Waals surface area (Å²) >= 11 is 0. The number of ether oxygens (including phenoxy) is 6. The lowest BCUT2D eigenvalue weighted by molar-refractivity contribution is -0.139. The Kier molecular flexibility index (Phi) is 15.7. The van der Waals surface area contributed by atoms with Crippen molar-refractivity contribution in [3.8, 4) is 0 Å². The number of amides is 3. The van der Waals surface area contributed by atoms with Gasteiger partial charge in [0.1, 0.15) is 58.5 Å². The van der Waals surface area contributed by atoms with E-state index >= 15 is 0 Å². The van der Waals surface area contributed by atoms with E-state index < -0.39 is 55.1 Å². The molecule has 1 aliphatic rings. The van der Waals surface area contributed by atoms with Gasteiger partial charge < -0.3 is 28.4 Å². The largest absolute Gasteiger partial charge is 0.459 e. The Balaban J connectivity index is 2.90. The van der Waals surface area contributed by atoms with Gasteiger partial charge in [0, 0.05) is 39.4 Å². The lowest BCUT2D eigenvalue weighted by Gasteiger charge is -2.46. The van der Waals surface area contributed by atoms with Gasteiger partial charge in [-0.2, -0.15) is 0 Å². The van der Waals surface area contributed by atoms with Crippen LogP contribution in [0.1, 0.15) is 0 Å². The maximum Gasteiger partial charge on any atom is 0.411 e. The van der Waals surface area contributed by atoms with Crippen LogP contribution in [0.2, 0.25) is 0 Å². The van der Waals surface area contributed by atoms with E-state index in [0.29, 0.717) is 0 Å². The fraction of sp³-hybridized carbons (Fsp3) is 0.500. The van der Waals surface area contributed by atoms with Crippen LogP contribution in [-0.4, -0.2) is 131 Å². The predicted molar refractivity (Wildman–Crippen MR) is 142 cm³/mol. The molecule has 1 fully saturated rings. The Bertz CT molecular complexity index is 879. The number of nitrogens with one attached hydrogen (secondary N) is 3. The molecule has 0 aromatic rings. The first-order chi connectivity index (χ1) is 19.9. The molecule has 18 heteroatoms. The zero-order valence-corrected chi connectivity index (χ0v) is 23.6. The summed E-state index contributed by atoms with van der Waals surface area (Å²) in [4.78, 5) is 74.5. The van der Waals surface area contributed by atoms with Crippen molar-refractivity contribution < 1.29 is 57.2 Å². The summed E-state index contributed by atoms with van der Waals surface area (Å²) in [6.45, 7) is 8.37. The summed E-state index contributed by atoms with van der Waals surface area (Å²) in [5.74, 6) is -2.06. The molecule has 3 amide bonds. The summed E-state index contributed by atoms with van der Waals surface area (Å²) in [6.07, 6.45) is -2.80. The quantitative estimate of drug-likeness (QED) is 0.0894. The lowest BCUT2D eigenvalue weighted by Crippen LogP contribution is -2.78. The summed E-state index contributed by atoms with van der Waals surface area (Å²) in [7, 11) is 4.09. The fourth-order valence-electron chi connectivity index (χ4n) is 2.88. The highest BCUT2D eigenvalue weighted by molar-refractivity contribution is 5.81. The Labute approximate surface area is 242 Å². The minimum atomic E-state index is -1.04. The Hall–Kier alpha value is -4.68. The van der Waals surface area contributed by atoms with Gasteiger partial charge in [0.25, 0.3) is 0 Å². The number of hydrogen-bond donors (Lipinski definition) is 3. The van der Waals surface area contributed by atoms with Gasteiger partial charge in [0.05, 0.1) is 0 Å². The normalized spacial score (nSPS) is 17.4. The fourth-order valence-corrected chi connectivity index (χ4v) is 2.88. The molecule has 1 saturated heterocycles. The third-order valence-electron chi connectivity index (χ3n) is 5.13. The minimum Gasteiger partial charge on any atom is -0.459 e. The van der Waals surface area contributed by atoms with E-state index in [4.69, 9.17) is 28.4 Å². The van der Waals surface area contributed by atoms with E-state index in [1.807, 2.05) is 0 Å². The number of nitrogens with zero attached hydrogens (tertiary/aromatic N) is 3. The third-order valence-corrected chi connectivity index (χ3v) is 5.13. The molecule has 0 saturated carbocycles. The van der Waals surface area contributed by atoms with Crippen LogP contribution in [0.25, 0.3) is 0 Å². The van der Waals surface area contributed by atoms with Crippen molar-refractivity contribution in [2.75, 3.05) is 60.8 Å². The van der Waals surface area contributed by atoms with Crippen molar-refractivity contribution in [1.29, 1.82) is 0 Å². The van der Waals surface area contributed by atoms with Gasteiger partial charge in [-0.15, -0.1) is 0 Å². The SMILES string of the molecule is C=CC(=O)OCCOC(=O)N(C)C1NC(N(C)C(=O)OCCOC(=O)C=C)NC(N(C)C(=O)OCCOC(=O)C=C)N1. The van der Waals surface area contributed by atoms with Crippen molar-refractivity contribution in [1.82, 2.24) is 30.7 Å². The van der Waals surface area contributed by atoms with E-state index in [2.05, 4.69) is 35.7 Å². The Morgan fingerprint density at radius 3 is 0.929 bits per heavy atom. The highest BCUT2D eigenvalue weighted by Crippen LogP contribution is 2.08. The van der Waals surface area contributed by atoms with Crippen LogP contribution in [0.4, 0.5) is 14.4 Å². The third kappa shape index (κ3) is 12.2. The van der Waals surface area contributed by atoms with Crippen LogP contribution >= 0.6 is 0 Å². The van der Waals surface area contributed by atoms with Gasteiger partial charge in [0.15, 0.2) is 0 Å². The second-order valence-corrected chi connectivity index (χ2v) is 8.00. The maximum absolute atomic E-state index is 12.6. The highest BCUT2D eigenvalue weighted by Gasteiger charge is 2.38. The molecular formula is C24H36N6O12. The molecule has 0 radical (unpaired) electrons. The standard InChI is InChI=1S/C24H36N6O12/c1-7-16(31)37-10-13-40-22(34)28(4)19-25-20(29(5)23(35)41-14-11-38-17(32)8-2)27-21(26-19)30(6)24(36)42-15-12-39-18(33)9-3/h7-9,19-21,25-27H,1-3,10-15H2,4-6H3. The molecule has 0 aliphatic carbocycles. The Morgan fingerprint density at radius 1 is 0.500 bits per heavy atom. The van der Waals surface area contributed by atoms with Crippen molar-refractivity contribution >= 4 is 36.2 Å². The van der Waals surface area contributed by atoms with Gasteiger partial charge in [-0.3, -0.25) is 30.7 Å². The first-order valence-electron chi connectivity index (χ1n) is 12.3. The molecule has 18 nitrogen and oxygen atoms in total. The van der Waals surface area contributed by atoms with Crippen LogP contribution in [0.15, 0.2) is 38.0 Å². The van der Waals surface area contributed by atoms with E-state index in [9.17, 15) is 28.8 Å². The molecule has 234 valence electrons. The molecular weight excluding hydrogens is 564 g/mol. The topological polar surface area (TPSA) is 204 Å². The van der Waals surface area contributed by atoms with Gasteiger partial charge in [-0.05, 0) is 0 Å². The zero-order valence-electron chi connectivity index (χ0n) is 23.6. The second-order valence-electron chi connectivity index (χ2n) is 8.00. The minimum absolute atomic E-state index is 0.212. The van der Waals surface area contributed by atoms with E-state index in [-0.39, 0.29) is 39.6 Å². The molecule has 0 spiro atoms. The average molecular weight is 601 g/mol. The number of rotatable bonds is 15. The molecule has 0 bridgehead atoms. The van der Waals surface area contributed by atoms with E-state index in [0.717, 1.165) is 32.9 Å². The molecule has 1 rings (SSSR count). The van der Waals surface area contributed by atoms with Crippen LogP contribution in [0, 0.1) is 0 Å². The van der Waals surface area contributed by atoms with Gasteiger partial charge in [-0.25, -0.2) is 28.8 Å². The van der Waals surface area contributed by atoms with E-state index in [1.165, 1.54) is 21.1 Å². The first-order valence-corrected chi connectivity index (χ1v) is 12.3. The van der Waals surface area contributed by atoms with Crippen LogP contribution in [-0.2, 0) is 42.8 Å². The van der Waals surface area contributed by atoms with Gasteiger partial charge in [-0.1, -0.05) is 19.7 Å². The van der Waals surface area contributed by atoms with Gasteiger partial charge in [0.2, 0.25) is 0 Å². The van der Waals surface area contributed by atoms with Crippen molar-refractivity contribution in [2.45, 2.75) is 18.9 Å². The molecule has 0 aromatic heterocycles. The number of esters is 3. The second kappa shape index (κ2) is 18.6. The molecule has 0 aromatic carbocycles. The predicted octanol–water partition coefficient (Wildman–Crippen LogP) is -0.988. The molecule has 0 atom stereocenters. The van der Waals surface area contributed by atoms with E-state index in [1.54, 1.807) is 0 Å². The number of carbonyl (C=O) groups is 6. The van der Waals surface area contributed by atoms with Crippen molar-refractivity contribution in [3.63, 3.8) is 0 Å². The molecule has 1 aliphatic heterocycles. The first kappa shape index (κ1) is 35.3. The number of carbonyl (C=O) groups excluding carboxylic acids is 6. The van der Waals surface area contributed by atoms with Crippen LogP contribution < -0.4 is 16.0 Å². The molecule has 42 heavy (non-hydrogen) atoms. The zero-order chi connectivity index (χ0) is 31.7. The molecule has 0 unspecified atom stereocenters. The highest BCUT2D eigenvalue weighted by atomic mass is 16.6. The van der Waals surface area contributed by atoms with Crippen LogP contribution in [0.3, 0.4) is 0 Å². The monoisotopic (exact) mass is 600 g/mol. The summed E-state index contributed by atoms with van der Waals surface area (Å²) in [5.41, 5.74) is 0. The summed E-state index contributed by atoms with van der Waals surface area (Å²) in [6, 6.07) is 0.